The SMILES string of the molecule is COc1ccc(C(O)=C2C(=O)C(=O)N(CCCN(C)C)[C@@H]2c2ccccn2)cc1. The number of rotatable bonds is 7. The molecule has 0 aliphatic carbocycles. The minimum absolute atomic E-state index is 0.0590. The fraction of sp³-hybridized carbons (Fsp3) is 0.318. The molecule has 7 nitrogen and oxygen atoms in total. The molecule has 7 heteroatoms. The highest BCUT2D eigenvalue weighted by molar-refractivity contribution is 6.46. The number of nitrogens with zero attached hydrogens (tertiary/aromatic N) is 3. The smallest absolute Gasteiger partial charge is 0.295 e. The zero-order valence-electron chi connectivity index (χ0n) is 16.8. The Morgan fingerprint density at radius 1 is 1.17 bits per heavy atom. The van der Waals surface area contributed by atoms with Crippen LogP contribution >= 0.6 is 0 Å². The second kappa shape index (κ2) is 8.87. The average Bonchev–Trinajstić information content (AvgIpc) is 2.98. The minimum Gasteiger partial charge on any atom is -0.507 e. The molecule has 0 bridgehead atoms. The van der Waals surface area contributed by atoms with Gasteiger partial charge < -0.3 is 19.6 Å². The number of benzene rings is 1. The average molecular weight is 395 g/mol. The van der Waals surface area contributed by atoms with E-state index in [9.17, 15) is 14.7 Å². The van der Waals surface area contributed by atoms with E-state index in [2.05, 4.69) is 4.98 Å². The third-order valence-corrected chi connectivity index (χ3v) is 4.88. The molecule has 1 saturated heterocycles. The number of carbonyl (C=O) groups is 2. The number of hydrogen-bond donors (Lipinski definition) is 1. The fourth-order valence-electron chi connectivity index (χ4n) is 3.42. The highest BCUT2D eigenvalue weighted by Crippen LogP contribution is 2.38. The van der Waals surface area contributed by atoms with Crippen molar-refractivity contribution in [2.45, 2.75) is 12.5 Å². The third-order valence-electron chi connectivity index (χ3n) is 4.88. The van der Waals surface area contributed by atoms with Gasteiger partial charge >= 0.3 is 0 Å². The molecule has 29 heavy (non-hydrogen) atoms. The van der Waals surface area contributed by atoms with Crippen LogP contribution in [0.15, 0.2) is 54.2 Å². The maximum Gasteiger partial charge on any atom is 0.295 e. The van der Waals surface area contributed by atoms with Gasteiger partial charge in [0.05, 0.1) is 18.4 Å². The lowest BCUT2D eigenvalue weighted by Gasteiger charge is -2.25. The molecule has 1 fully saturated rings. The van der Waals surface area contributed by atoms with E-state index >= 15 is 0 Å². The number of carbonyl (C=O) groups excluding carboxylic acids is 2. The van der Waals surface area contributed by atoms with Crippen molar-refractivity contribution in [3.63, 3.8) is 0 Å². The maximum absolute atomic E-state index is 12.9. The summed E-state index contributed by atoms with van der Waals surface area (Å²) in [6.45, 7) is 1.17. The molecule has 1 amide bonds. The molecule has 1 aromatic heterocycles. The fourth-order valence-corrected chi connectivity index (χ4v) is 3.42. The highest BCUT2D eigenvalue weighted by Gasteiger charge is 2.46. The maximum atomic E-state index is 12.9. The van der Waals surface area contributed by atoms with E-state index in [0.29, 0.717) is 30.0 Å². The number of pyridine rings is 1. The summed E-state index contributed by atoms with van der Waals surface area (Å²) in [4.78, 5) is 33.5. The van der Waals surface area contributed by atoms with Crippen molar-refractivity contribution in [3.05, 3.63) is 65.5 Å². The molecule has 0 spiro atoms. The van der Waals surface area contributed by atoms with Crippen LogP contribution in [0.4, 0.5) is 0 Å². The Kier molecular flexibility index (Phi) is 6.29. The number of ketones is 1. The monoisotopic (exact) mass is 395 g/mol. The summed E-state index contributed by atoms with van der Waals surface area (Å²) < 4.78 is 5.14. The number of Topliss-reactive ketones (excluding diaryl/α,β-unsaturated/α-hetero) is 1. The van der Waals surface area contributed by atoms with Crippen LogP contribution in [0.1, 0.15) is 23.7 Å². The zero-order valence-corrected chi connectivity index (χ0v) is 16.8. The van der Waals surface area contributed by atoms with Gasteiger partial charge in [-0.1, -0.05) is 6.07 Å². The molecule has 1 aliphatic rings. The van der Waals surface area contributed by atoms with Crippen LogP contribution in [0.5, 0.6) is 5.75 Å². The van der Waals surface area contributed by atoms with E-state index in [1.807, 2.05) is 19.0 Å². The van der Waals surface area contributed by atoms with Gasteiger partial charge in [0, 0.05) is 18.3 Å². The summed E-state index contributed by atoms with van der Waals surface area (Å²) in [5, 5.41) is 10.9. The van der Waals surface area contributed by atoms with Crippen molar-refractivity contribution in [1.29, 1.82) is 0 Å². The summed E-state index contributed by atoms with van der Waals surface area (Å²) in [5.41, 5.74) is 1.05. The molecule has 1 atom stereocenters. The lowest BCUT2D eigenvalue weighted by Crippen LogP contribution is -2.32. The number of aliphatic hydroxyl groups is 1. The van der Waals surface area contributed by atoms with Gasteiger partial charge in [-0.15, -0.1) is 0 Å². The van der Waals surface area contributed by atoms with E-state index in [4.69, 9.17) is 4.74 Å². The summed E-state index contributed by atoms with van der Waals surface area (Å²) in [6.07, 6.45) is 2.31. The van der Waals surface area contributed by atoms with Crippen molar-refractivity contribution >= 4 is 17.4 Å². The molecule has 2 heterocycles. The van der Waals surface area contributed by atoms with Gasteiger partial charge in [-0.25, -0.2) is 0 Å². The first kappa shape index (κ1) is 20.5. The van der Waals surface area contributed by atoms with Crippen molar-refractivity contribution in [3.8, 4) is 5.75 Å². The van der Waals surface area contributed by atoms with Gasteiger partial charge in [-0.2, -0.15) is 0 Å². The molecule has 1 aliphatic heterocycles. The standard InChI is InChI=1S/C22H25N3O4/c1-24(2)13-6-14-25-19(17-7-4-5-12-23-17)18(21(27)22(25)28)20(26)15-8-10-16(29-3)11-9-15/h4-5,7-12,19,26H,6,13-14H2,1-3H3/t19-/m1/s1. The molecule has 1 N–H and O–H groups in total. The van der Waals surface area contributed by atoms with E-state index in [1.165, 1.54) is 4.90 Å². The number of aromatic nitrogens is 1. The van der Waals surface area contributed by atoms with Gasteiger partial charge in [-0.05, 0) is 63.5 Å². The Bertz CT molecular complexity index is 907. The molecule has 152 valence electrons. The van der Waals surface area contributed by atoms with Crippen molar-refractivity contribution in [1.82, 2.24) is 14.8 Å². The molecule has 0 unspecified atom stereocenters. The van der Waals surface area contributed by atoms with Crippen molar-refractivity contribution in [2.75, 3.05) is 34.3 Å². The van der Waals surface area contributed by atoms with E-state index < -0.39 is 17.7 Å². The summed E-state index contributed by atoms with van der Waals surface area (Å²) in [6, 6.07) is 11.3. The molecule has 3 rings (SSSR count). The Hall–Kier alpha value is -3.19. The number of likely N-dealkylation sites (tertiary alicyclic amines) is 1. The van der Waals surface area contributed by atoms with Gasteiger partial charge in [-0.3, -0.25) is 14.6 Å². The van der Waals surface area contributed by atoms with Gasteiger partial charge in [0.25, 0.3) is 11.7 Å². The summed E-state index contributed by atoms with van der Waals surface area (Å²) in [7, 11) is 5.46. The first-order chi connectivity index (χ1) is 13.9. The molecular weight excluding hydrogens is 370 g/mol. The van der Waals surface area contributed by atoms with Crippen molar-refractivity contribution in [2.24, 2.45) is 0 Å². The van der Waals surface area contributed by atoms with Crippen LogP contribution in [0.25, 0.3) is 5.76 Å². The lowest BCUT2D eigenvalue weighted by atomic mass is 9.98. The predicted molar refractivity (Wildman–Crippen MR) is 109 cm³/mol. The van der Waals surface area contributed by atoms with Crippen LogP contribution in [-0.4, -0.2) is 65.9 Å². The number of hydrogen-bond acceptors (Lipinski definition) is 6. The summed E-state index contributed by atoms with van der Waals surface area (Å²) in [5.74, 6) is -0.892. The Morgan fingerprint density at radius 2 is 1.90 bits per heavy atom. The Morgan fingerprint density at radius 3 is 2.48 bits per heavy atom. The van der Waals surface area contributed by atoms with Gasteiger partial charge in [0.1, 0.15) is 17.6 Å². The molecule has 0 radical (unpaired) electrons. The number of methoxy groups -OCH3 is 1. The number of aliphatic hydroxyl groups excluding tert-OH is 1. The van der Waals surface area contributed by atoms with Gasteiger partial charge in [0.2, 0.25) is 0 Å². The Balaban J connectivity index is 2.05. The van der Waals surface area contributed by atoms with Crippen LogP contribution in [0.2, 0.25) is 0 Å². The van der Waals surface area contributed by atoms with Crippen LogP contribution in [0, 0.1) is 0 Å². The first-order valence-corrected chi connectivity index (χ1v) is 9.42. The normalized spacial score (nSPS) is 18.5. The first-order valence-electron chi connectivity index (χ1n) is 9.42. The second-order valence-corrected chi connectivity index (χ2v) is 7.13. The highest BCUT2D eigenvalue weighted by atomic mass is 16.5. The van der Waals surface area contributed by atoms with Gasteiger partial charge in [0.15, 0.2) is 0 Å². The molecule has 0 saturated carbocycles. The van der Waals surface area contributed by atoms with Crippen LogP contribution < -0.4 is 4.74 Å². The third kappa shape index (κ3) is 4.30. The molecular formula is C22H25N3O4. The Labute approximate surface area is 170 Å². The number of ether oxygens (including phenoxy) is 1. The van der Waals surface area contributed by atoms with Crippen LogP contribution in [-0.2, 0) is 9.59 Å². The van der Waals surface area contributed by atoms with E-state index in [1.54, 1.807) is 55.8 Å². The van der Waals surface area contributed by atoms with E-state index in [0.717, 1.165) is 6.54 Å². The quantitative estimate of drug-likeness (QED) is 0.441. The summed E-state index contributed by atoms with van der Waals surface area (Å²) >= 11 is 0. The molecule has 1 aromatic carbocycles. The predicted octanol–water partition coefficient (Wildman–Crippen LogP) is 2.46. The lowest BCUT2D eigenvalue weighted by molar-refractivity contribution is -0.140. The topological polar surface area (TPSA) is 83.0 Å². The largest absolute Gasteiger partial charge is 0.507 e. The number of amides is 1. The van der Waals surface area contributed by atoms with Crippen LogP contribution in [0.3, 0.4) is 0 Å². The van der Waals surface area contributed by atoms with Crippen molar-refractivity contribution < 1.29 is 19.4 Å². The minimum atomic E-state index is -0.722. The zero-order chi connectivity index (χ0) is 21.0. The second-order valence-electron chi connectivity index (χ2n) is 7.13. The molecule has 2 aromatic rings. The van der Waals surface area contributed by atoms with E-state index in [-0.39, 0.29) is 11.3 Å².